The summed E-state index contributed by atoms with van der Waals surface area (Å²) in [4.78, 5) is 0. The van der Waals surface area contributed by atoms with Gasteiger partial charge < -0.3 is 9.47 Å². The number of rotatable bonds is 2. The summed E-state index contributed by atoms with van der Waals surface area (Å²) in [6.45, 7) is 12.8. The van der Waals surface area contributed by atoms with Gasteiger partial charge in [-0.1, -0.05) is 39.3 Å². The maximum atomic E-state index is 5.25. The molecular formula is C16H30O2. The van der Waals surface area contributed by atoms with E-state index in [0.29, 0.717) is 5.92 Å². The van der Waals surface area contributed by atoms with Crippen LogP contribution in [0.1, 0.15) is 47.0 Å². The van der Waals surface area contributed by atoms with Crippen molar-refractivity contribution in [3.05, 3.63) is 11.6 Å². The summed E-state index contributed by atoms with van der Waals surface area (Å²) in [7, 11) is 0. The van der Waals surface area contributed by atoms with Crippen molar-refractivity contribution in [1.82, 2.24) is 0 Å². The van der Waals surface area contributed by atoms with E-state index in [2.05, 4.69) is 33.8 Å². The summed E-state index contributed by atoms with van der Waals surface area (Å²) in [5.41, 5.74) is 1.56. The molecule has 0 aromatic rings. The molecule has 106 valence electrons. The second-order valence-electron chi connectivity index (χ2n) is 5.95. The summed E-state index contributed by atoms with van der Waals surface area (Å²) in [6, 6.07) is 0. The van der Waals surface area contributed by atoms with Crippen LogP contribution in [-0.4, -0.2) is 26.4 Å². The van der Waals surface area contributed by atoms with Gasteiger partial charge in [0.2, 0.25) is 0 Å². The molecule has 0 amide bonds. The SMILES string of the molecule is CC(C)C1=CCOCC1.CC(C)C1CCOCC1. The fourth-order valence-corrected chi connectivity index (χ4v) is 2.45. The smallest absolute Gasteiger partial charge is 0.0650 e. The van der Waals surface area contributed by atoms with Crippen molar-refractivity contribution < 1.29 is 9.47 Å². The molecule has 0 unspecified atom stereocenters. The second-order valence-corrected chi connectivity index (χ2v) is 5.95. The van der Waals surface area contributed by atoms with Gasteiger partial charge in [-0.2, -0.15) is 0 Å². The first kappa shape index (κ1) is 15.7. The second kappa shape index (κ2) is 8.71. The van der Waals surface area contributed by atoms with Crippen molar-refractivity contribution in [3.8, 4) is 0 Å². The van der Waals surface area contributed by atoms with Crippen LogP contribution in [0.15, 0.2) is 11.6 Å². The molecular weight excluding hydrogens is 224 g/mol. The summed E-state index contributed by atoms with van der Waals surface area (Å²) in [6.07, 6.45) is 5.89. The average molecular weight is 254 g/mol. The lowest BCUT2D eigenvalue weighted by Gasteiger charge is -2.24. The summed E-state index contributed by atoms with van der Waals surface area (Å²) < 4.78 is 10.4. The van der Waals surface area contributed by atoms with Crippen LogP contribution in [0.2, 0.25) is 0 Å². The van der Waals surface area contributed by atoms with Gasteiger partial charge in [0.15, 0.2) is 0 Å². The van der Waals surface area contributed by atoms with Crippen LogP contribution < -0.4 is 0 Å². The molecule has 0 bridgehead atoms. The quantitative estimate of drug-likeness (QED) is 0.692. The van der Waals surface area contributed by atoms with Gasteiger partial charge >= 0.3 is 0 Å². The van der Waals surface area contributed by atoms with E-state index in [4.69, 9.17) is 9.47 Å². The van der Waals surface area contributed by atoms with Gasteiger partial charge in [0, 0.05) is 13.2 Å². The standard InChI is InChI=1S/C8H16O.C8H14O/c2*1-7(2)8-3-5-9-6-4-8/h7-8H,3-6H2,1-2H3;3,7H,4-6H2,1-2H3. The van der Waals surface area contributed by atoms with Crippen LogP contribution in [0.3, 0.4) is 0 Å². The molecule has 2 nitrogen and oxygen atoms in total. The van der Waals surface area contributed by atoms with Gasteiger partial charge in [0.1, 0.15) is 0 Å². The average Bonchev–Trinajstić information content (AvgIpc) is 2.41. The normalized spacial score (nSPS) is 21.6. The van der Waals surface area contributed by atoms with E-state index >= 15 is 0 Å². The Bertz CT molecular complexity index is 237. The van der Waals surface area contributed by atoms with Gasteiger partial charge in [0.05, 0.1) is 13.2 Å². The van der Waals surface area contributed by atoms with Crippen molar-refractivity contribution in [1.29, 1.82) is 0 Å². The molecule has 2 aliphatic rings. The first-order chi connectivity index (χ1) is 8.61. The van der Waals surface area contributed by atoms with E-state index in [1.807, 2.05) is 0 Å². The van der Waals surface area contributed by atoms with E-state index in [0.717, 1.165) is 44.7 Å². The fraction of sp³-hybridized carbons (Fsp3) is 0.875. The van der Waals surface area contributed by atoms with Crippen LogP contribution in [0, 0.1) is 17.8 Å². The lowest BCUT2D eigenvalue weighted by atomic mass is 9.89. The Morgan fingerprint density at radius 1 is 1.00 bits per heavy atom. The summed E-state index contributed by atoms with van der Waals surface area (Å²) in [5, 5.41) is 0. The molecule has 0 radical (unpaired) electrons. The Kier molecular flexibility index (Phi) is 7.60. The minimum Gasteiger partial charge on any atom is -0.381 e. The monoisotopic (exact) mass is 254 g/mol. The molecule has 2 aliphatic heterocycles. The van der Waals surface area contributed by atoms with Gasteiger partial charge in [-0.25, -0.2) is 0 Å². The molecule has 2 heteroatoms. The first-order valence-corrected chi connectivity index (χ1v) is 7.45. The van der Waals surface area contributed by atoms with E-state index in [1.54, 1.807) is 5.57 Å². The Morgan fingerprint density at radius 2 is 1.67 bits per heavy atom. The van der Waals surface area contributed by atoms with Gasteiger partial charge in [-0.15, -0.1) is 0 Å². The minimum atomic E-state index is 0.717. The van der Waals surface area contributed by atoms with Crippen LogP contribution >= 0.6 is 0 Å². The molecule has 1 fully saturated rings. The molecule has 18 heavy (non-hydrogen) atoms. The number of ether oxygens (including phenoxy) is 2. The lowest BCUT2D eigenvalue weighted by Crippen LogP contribution is -2.19. The van der Waals surface area contributed by atoms with Crippen LogP contribution in [0.5, 0.6) is 0 Å². The lowest BCUT2D eigenvalue weighted by molar-refractivity contribution is 0.0523. The van der Waals surface area contributed by atoms with Gasteiger partial charge in [-0.3, -0.25) is 0 Å². The van der Waals surface area contributed by atoms with Crippen LogP contribution in [0.4, 0.5) is 0 Å². The number of hydrogen-bond donors (Lipinski definition) is 0. The van der Waals surface area contributed by atoms with E-state index in [9.17, 15) is 0 Å². The maximum Gasteiger partial charge on any atom is 0.0650 e. The Labute approximate surface area is 113 Å². The van der Waals surface area contributed by atoms with Crippen molar-refractivity contribution >= 4 is 0 Å². The van der Waals surface area contributed by atoms with Gasteiger partial charge in [-0.05, 0) is 37.0 Å². The van der Waals surface area contributed by atoms with Crippen LogP contribution in [-0.2, 0) is 9.47 Å². The molecule has 0 N–H and O–H groups in total. The highest BCUT2D eigenvalue weighted by Gasteiger charge is 2.16. The fourth-order valence-electron chi connectivity index (χ4n) is 2.45. The molecule has 2 rings (SSSR count). The zero-order valence-electron chi connectivity index (χ0n) is 12.6. The van der Waals surface area contributed by atoms with Crippen molar-refractivity contribution in [2.45, 2.75) is 47.0 Å². The Hall–Kier alpha value is -0.340. The number of hydrogen-bond acceptors (Lipinski definition) is 2. The molecule has 2 heterocycles. The predicted molar refractivity (Wildman–Crippen MR) is 76.7 cm³/mol. The molecule has 0 spiro atoms. The molecule has 0 aliphatic carbocycles. The largest absolute Gasteiger partial charge is 0.381 e. The Balaban J connectivity index is 0.000000180. The maximum absolute atomic E-state index is 5.25. The van der Waals surface area contributed by atoms with Crippen molar-refractivity contribution in [2.24, 2.45) is 17.8 Å². The zero-order chi connectivity index (χ0) is 13.4. The molecule has 0 atom stereocenters. The van der Waals surface area contributed by atoms with E-state index < -0.39 is 0 Å². The van der Waals surface area contributed by atoms with Gasteiger partial charge in [0.25, 0.3) is 0 Å². The minimum absolute atomic E-state index is 0.717. The summed E-state index contributed by atoms with van der Waals surface area (Å²) >= 11 is 0. The Morgan fingerprint density at radius 3 is 2.00 bits per heavy atom. The highest BCUT2D eigenvalue weighted by Crippen LogP contribution is 2.22. The topological polar surface area (TPSA) is 18.5 Å². The summed E-state index contributed by atoms with van der Waals surface area (Å²) in [5.74, 6) is 2.50. The van der Waals surface area contributed by atoms with E-state index in [1.165, 1.54) is 12.8 Å². The third kappa shape index (κ3) is 6.01. The first-order valence-electron chi connectivity index (χ1n) is 7.45. The predicted octanol–water partition coefficient (Wildman–Crippen LogP) is 4.06. The van der Waals surface area contributed by atoms with Crippen molar-refractivity contribution in [3.63, 3.8) is 0 Å². The highest BCUT2D eigenvalue weighted by atomic mass is 16.5. The highest BCUT2D eigenvalue weighted by molar-refractivity contribution is 5.06. The van der Waals surface area contributed by atoms with Crippen molar-refractivity contribution in [2.75, 3.05) is 26.4 Å². The third-order valence-corrected chi connectivity index (χ3v) is 3.95. The molecule has 0 aromatic carbocycles. The zero-order valence-corrected chi connectivity index (χ0v) is 12.6. The molecule has 0 aromatic heterocycles. The molecule has 1 saturated heterocycles. The third-order valence-electron chi connectivity index (χ3n) is 3.95. The molecule has 0 saturated carbocycles. The van der Waals surface area contributed by atoms with E-state index in [-0.39, 0.29) is 0 Å². The van der Waals surface area contributed by atoms with Crippen LogP contribution in [0.25, 0.3) is 0 Å².